The van der Waals surface area contributed by atoms with Crippen molar-refractivity contribution in [2.45, 2.75) is 32.9 Å². The Morgan fingerprint density at radius 1 is 1.36 bits per heavy atom. The molecule has 2 aromatic heterocycles. The number of carbonyl (C=O) groups is 1. The zero-order valence-electron chi connectivity index (χ0n) is 12.2. The molecule has 0 unspecified atom stereocenters. The van der Waals surface area contributed by atoms with Crippen molar-refractivity contribution in [1.82, 2.24) is 25.0 Å². The molecule has 1 amide bonds. The summed E-state index contributed by atoms with van der Waals surface area (Å²) in [6.07, 6.45) is -4.09. The van der Waals surface area contributed by atoms with Crippen LogP contribution in [-0.2, 0) is 24.4 Å². The topological polar surface area (TPSA) is 88.5 Å². The molecular formula is C12H15F3N6O. The number of alkyl halides is 3. The van der Waals surface area contributed by atoms with Crippen LogP contribution in [0.3, 0.4) is 0 Å². The minimum absolute atomic E-state index is 0.100. The highest BCUT2D eigenvalue weighted by Gasteiger charge is 2.35. The van der Waals surface area contributed by atoms with Gasteiger partial charge in [0.2, 0.25) is 17.7 Å². The summed E-state index contributed by atoms with van der Waals surface area (Å²) >= 11 is 0. The fourth-order valence-corrected chi connectivity index (χ4v) is 2.05. The lowest BCUT2D eigenvalue weighted by atomic mass is 10.1. The van der Waals surface area contributed by atoms with E-state index in [0.29, 0.717) is 6.42 Å². The second kappa shape index (κ2) is 5.78. The average molecular weight is 316 g/mol. The monoisotopic (exact) mass is 316 g/mol. The minimum atomic E-state index is -4.63. The van der Waals surface area contributed by atoms with E-state index in [2.05, 4.69) is 20.5 Å². The second-order valence-electron chi connectivity index (χ2n) is 4.83. The number of aryl methyl sites for hydroxylation is 2. The third-order valence-electron chi connectivity index (χ3n) is 3.27. The van der Waals surface area contributed by atoms with Crippen molar-refractivity contribution >= 4 is 11.9 Å². The molecule has 120 valence electrons. The van der Waals surface area contributed by atoms with E-state index < -0.39 is 23.9 Å². The van der Waals surface area contributed by atoms with Crippen molar-refractivity contribution in [1.29, 1.82) is 0 Å². The zero-order chi connectivity index (χ0) is 16.5. The van der Waals surface area contributed by atoms with E-state index in [1.165, 1.54) is 0 Å². The molecular weight excluding hydrogens is 301 g/mol. The molecule has 0 saturated heterocycles. The molecule has 2 rings (SSSR count). The van der Waals surface area contributed by atoms with Crippen molar-refractivity contribution < 1.29 is 18.0 Å². The number of hydrogen-bond donors (Lipinski definition) is 2. The van der Waals surface area contributed by atoms with Crippen LogP contribution in [0.15, 0.2) is 0 Å². The summed E-state index contributed by atoms with van der Waals surface area (Å²) in [5.41, 5.74) is 2.72. The van der Waals surface area contributed by atoms with Crippen molar-refractivity contribution in [3.05, 3.63) is 22.8 Å². The summed E-state index contributed by atoms with van der Waals surface area (Å²) in [7, 11) is 1.80. The fraction of sp³-hybridized carbons (Fsp3) is 0.500. The highest BCUT2D eigenvalue weighted by molar-refractivity contribution is 5.89. The van der Waals surface area contributed by atoms with Crippen molar-refractivity contribution in [2.75, 3.05) is 5.32 Å². The molecule has 0 spiro atoms. The summed E-state index contributed by atoms with van der Waals surface area (Å²) in [6, 6.07) is 0. The number of anilines is 1. The van der Waals surface area contributed by atoms with Crippen LogP contribution in [0, 0.1) is 13.8 Å². The third-order valence-corrected chi connectivity index (χ3v) is 3.27. The molecule has 0 aliphatic heterocycles. The van der Waals surface area contributed by atoms with Crippen LogP contribution in [0.1, 0.15) is 29.2 Å². The number of nitrogens with zero attached hydrogens (tertiary/aromatic N) is 4. The Hall–Kier alpha value is -2.39. The number of nitrogens with one attached hydrogen (secondary N) is 2. The average Bonchev–Trinajstić information content (AvgIpc) is 2.94. The predicted molar refractivity (Wildman–Crippen MR) is 71.0 cm³/mol. The molecule has 2 heterocycles. The first-order chi connectivity index (χ1) is 10.2. The molecule has 10 heteroatoms. The fourth-order valence-electron chi connectivity index (χ4n) is 2.05. The quantitative estimate of drug-likeness (QED) is 0.899. The number of halogens is 3. The first-order valence-electron chi connectivity index (χ1n) is 6.47. The normalized spacial score (nSPS) is 11.7. The van der Waals surface area contributed by atoms with E-state index in [9.17, 15) is 18.0 Å². The van der Waals surface area contributed by atoms with E-state index in [1.54, 1.807) is 16.8 Å². The molecule has 0 fully saturated rings. The molecule has 2 N–H and O–H groups in total. The molecule has 7 nitrogen and oxygen atoms in total. The Labute approximate surface area is 123 Å². The van der Waals surface area contributed by atoms with Gasteiger partial charge in [0, 0.05) is 19.2 Å². The number of hydrogen-bond acceptors (Lipinski definition) is 4. The van der Waals surface area contributed by atoms with Gasteiger partial charge in [-0.1, -0.05) is 0 Å². The SMILES string of the molecule is Cc1nn(C)c(C)c1CCC(=O)Nc1n[nH]c(C(F)(F)F)n1. The van der Waals surface area contributed by atoms with Crippen molar-refractivity contribution in [2.24, 2.45) is 7.05 Å². The number of aromatic nitrogens is 5. The maximum atomic E-state index is 12.3. The predicted octanol–water partition coefficient (Wildman–Crippen LogP) is 1.75. The van der Waals surface area contributed by atoms with Gasteiger partial charge < -0.3 is 0 Å². The number of amides is 1. The molecule has 0 radical (unpaired) electrons. The van der Waals surface area contributed by atoms with Crippen LogP contribution in [0.4, 0.5) is 19.1 Å². The molecule has 0 saturated carbocycles. The summed E-state index contributed by atoms with van der Waals surface area (Å²) in [4.78, 5) is 14.9. The Morgan fingerprint density at radius 3 is 2.55 bits per heavy atom. The highest BCUT2D eigenvalue weighted by atomic mass is 19.4. The lowest BCUT2D eigenvalue weighted by molar-refractivity contribution is -0.144. The van der Waals surface area contributed by atoms with Crippen LogP contribution < -0.4 is 5.32 Å². The van der Waals surface area contributed by atoms with Crippen LogP contribution in [0.25, 0.3) is 0 Å². The smallest absolute Gasteiger partial charge is 0.293 e. The Morgan fingerprint density at radius 2 is 2.05 bits per heavy atom. The van der Waals surface area contributed by atoms with Crippen LogP contribution in [0.5, 0.6) is 0 Å². The minimum Gasteiger partial charge on any atom is -0.293 e. The van der Waals surface area contributed by atoms with Crippen LogP contribution >= 0.6 is 0 Å². The van der Waals surface area contributed by atoms with E-state index in [4.69, 9.17) is 0 Å². The van der Waals surface area contributed by atoms with Crippen molar-refractivity contribution in [3.63, 3.8) is 0 Å². The zero-order valence-corrected chi connectivity index (χ0v) is 12.2. The largest absolute Gasteiger partial charge is 0.451 e. The summed E-state index contributed by atoms with van der Waals surface area (Å²) < 4.78 is 38.7. The van der Waals surface area contributed by atoms with E-state index in [1.807, 2.05) is 13.8 Å². The standard InChI is InChI=1S/C12H15F3N6O/c1-6-8(7(2)21(3)20-6)4-5-9(22)16-11-17-10(18-19-11)12(13,14)15/h4-5H2,1-3H3,(H2,16,17,18,19,22). The second-order valence-corrected chi connectivity index (χ2v) is 4.83. The first kappa shape index (κ1) is 16.0. The molecule has 0 bridgehead atoms. The third kappa shape index (κ3) is 3.43. The van der Waals surface area contributed by atoms with Gasteiger partial charge in [0.05, 0.1) is 5.69 Å². The van der Waals surface area contributed by atoms with Crippen LogP contribution in [0.2, 0.25) is 0 Å². The van der Waals surface area contributed by atoms with Gasteiger partial charge in [-0.25, -0.2) is 0 Å². The Balaban J connectivity index is 1.95. The maximum absolute atomic E-state index is 12.3. The molecule has 0 aliphatic rings. The van der Waals surface area contributed by atoms with Gasteiger partial charge in [0.25, 0.3) is 0 Å². The lowest BCUT2D eigenvalue weighted by Crippen LogP contribution is -2.14. The number of H-pyrrole nitrogens is 1. The van der Waals surface area contributed by atoms with Gasteiger partial charge in [0.1, 0.15) is 0 Å². The van der Waals surface area contributed by atoms with Gasteiger partial charge in [0.15, 0.2) is 0 Å². The molecule has 0 aliphatic carbocycles. The van der Waals surface area contributed by atoms with Gasteiger partial charge in [-0.3, -0.25) is 19.9 Å². The lowest BCUT2D eigenvalue weighted by Gasteiger charge is -2.02. The molecule has 0 aromatic carbocycles. The summed E-state index contributed by atoms with van der Waals surface area (Å²) in [5.74, 6) is -2.10. The maximum Gasteiger partial charge on any atom is 0.451 e. The van der Waals surface area contributed by atoms with E-state index in [-0.39, 0.29) is 6.42 Å². The van der Waals surface area contributed by atoms with Crippen LogP contribution in [-0.4, -0.2) is 30.9 Å². The summed E-state index contributed by atoms with van der Waals surface area (Å²) in [5, 5.41) is 11.5. The first-order valence-corrected chi connectivity index (χ1v) is 6.47. The van der Waals surface area contributed by atoms with Gasteiger partial charge in [-0.05, 0) is 25.8 Å². The molecule has 0 atom stereocenters. The Bertz CT molecular complexity index is 688. The molecule has 22 heavy (non-hydrogen) atoms. The molecule has 2 aromatic rings. The Kier molecular flexibility index (Phi) is 4.20. The van der Waals surface area contributed by atoms with E-state index in [0.717, 1.165) is 17.0 Å². The van der Waals surface area contributed by atoms with Gasteiger partial charge >= 0.3 is 6.18 Å². The van der Waals surface area contributed by atoms with Gasteiger partial charge in [-0.15, -0.1) is 5.10 Å². The number of rotatable bonds is 4. The van der Waals surface area contributed by atoms with Crippen molar-refractivity contribution in [3.8, 4) is 0 Å². The van der Waals surface area contributed by atoms with E-state index >= 15 is 0 Å². The number of aromatic amines is 1. The summed E-state index contributed by atoms with van der Waals surface area (Å²) in [6.45, 7) is 3.73. The highest BCUT2D eigenvalue weighted by Crippen LogP contribution is 2.26. The van der Waals surface area contributed by atoms with Gasteiger partial charge in [-0.2, -0.15) is 23.3 Å². The number of carbonyl (C=O) groups excluding carboxylic acids is 1.